The molecular formula is C20H20N2O. The molecule has 0 bridgehead atoms. The number of rotatable bonds is 7. The third-order valence-corrected chi connectivity index (χ3v) is 3.98. The van der Waals surface area contributed by atoms with E-state index in [2.05, 4.69) is 41.4 Å². The van der Waals surface area contributed by atoms with Crippen LogP contribution >= 0.6 is 0 Å². The molecule has 1 aromatic heterocycles. The van der Waals surface area contributed by atoms with Crippen LogP contribution in [0.5, 0.6) is 0 Å². The smallest absolute Gasteiger partial charge is 0.164 e. The Labute approximate surface area is 136 Å². The Hall–Kier alpha value is -2.68. The molecule has 116 valence electrons. The summed E-state index contributed by atoms with van der Waals surface area (Å²) in [4.78, 5) is 16.2. The third-order valence-electron chi connectivity index (χ3n) is 3.98. The number of carbonyl (C=O) groups excluding carboxylic acids is 1. The Morgan fingerprint density at radius 2 is 1.61 bits per heavy atom. The predicted molar refractivity (Wildman–Crippen MR) is 91.5 cm³/mol. The number of ketones is 1. The van der Waals surface area contributed by atoms with Crippen LogP contribution in [0.25, 0.3) is 0 Å². The molecule has 0 spiro atoms. The minimum Gasteiger partial charge on any atom is -0.337 e. The molecule has 2 aromatic carbocycles. The van der Waals surface area contributed by atoms with Gasteiger partial charge >= 0.3 is 0 Å². The molecule has 0 aliphatic rings. The molecule has 0 saturated carbocycles. The first-order valence-electron chi connectivity index (χ1n) is 7.93. The number of hydrogen-bond donors (Lipinski definition) is 0. The van der Waals surface area contributed by atoms with Gasteiger partial charge in [-0.2, -0.15) is 0 Å². The summed E-state index contributed by atoms with van der Waals surface area (Å²) in [6.07, 6.45) is 7.86. The van der Waals surface area contributed by atoms with Gasteiger partial charge in [0.05, 0.1) is 6.33 Å². The first-order valence-corrected chi connectivity index (χ1v) is 7.93. The van der Waals surface area contributed by atoms with Gasteiger partial charge in [-0.25, -0.2) is 4.98 Å². The third kappa shape index (κ3) is 4.39. The van der Waals surface area contributed by atoms with Crippen molar-refractivity contribution in [1.82, 2.24) is 9.55 Å². The molecule has 0 saturated heterocycles. The Balaban J connectivity index is 1.53. The lowest BCUT2D eigenvalue weighted by Gasteiger charge is -2.05. The maximum Gasteiger partial charge on any atom is 0.164 e. The second kappa shape index (κ2) is 7.54. The highest BCUT2D eigenvalue weighted by molar-refractivity contribution is 5.96. The Morgan fingerprint density at radius 3 is 2.26 bits per heavy atom. The summed E-state index contributed by atoms with van der Waals surface area (Å²) in [5.41, 5.74) is 3.39. The van der Waals surface area contributed by atoms with E-state index in [1.807, 2.05) is 29.0 Å². The van der Waals surface area contributed by atoms with Crippen molar-refractivity contribution in [1.29, 1.82) is 0 Å². The van der Waals surface area contributed by atoms with Crippen LogP contribution in [0.15, 0.2) is 73.3 Å². The predicted octanol–water partition coefficient (Wildman–Crippen LogP) is 3.94. The zero-order chi connectivity index (χ0) is 15.9. The van der Waals surface area contributed by atoms with Crippen molar-refractivity contribution in [2.75, 3.05) is 0 Å². The van der Waals surface area contributed by atoms with E-state index in [4.69, 9.17) is 0 Å². The molecule has 0 amide bonds. The summed E-state index contributed by atoms with van der Waals surface area (Å²) in [7, 11) is 0. The van der Waals surface area contributed by atoms with Gasteiger partial charge in [-0.1, -0.05) is 54.6 Å². The fourth-order valence-electron chi connectivity index (χ4n) is 2.58. The number of benzene rings is 2. The molecule has 1 heterocycles. The van der Waals surface area contributed by atoms with Crippen molar-refractivity contribution in [2.24, 2.45) is 0 Å². The fraction of sp³-hybridized carbons (Fsp3) is 0.200. The minimum absolute atomic E-state index is 0.174. The monoisotopic (exact) mass is 304 g/mol. The fourth-order valence-corrected chi connectivity index (χ4v) is 2.58. The quantitative estimate of drug-likeness (QED) is 0.620. The van der Waals surface area contributed by atoms with E-state index in [0.717, 1.165) is 18.4 Å². The first kappa shape index (κ1) is 15.2. The van der Waals surface area contributed by atoms with E-state index in [1.165, 1.54) is 11.1 Å². The first-order chi connectivity index (χ1) is 11.3. The summed E-state index contributed by atoms with van der Waals surface area (Å²) in [5, 5.41) is 0. The second-order valence-electron chi connectivity index (χ2n) is 5.66. The molecule has 3 heteroatoms. The maximum absolute atomic E-state index is 12.2. The van der Waals surface area contributed by atoms with Crippen molar-refractivity contribution >= 4 is 5.78 Å². The van der Waals surface area contributed by atoms with E-state index in [-0.39, 0.29) is 5.78 Å². The Kier molecular flexibility index (Phi) is 4.99. The highest BCUT2D eigenvalue weighted by atomic mass is 16.1. The molecule has 0 aliphatic heterocycles. The number of aromatic nitrogens is 2. The molecular weight excluding hydrogens is 284 g/mol. The molecule has 0 fully saturated rings. The average Bonchev–Trinajstić information content (AvgIpc) is 3.13. The standard InChI is InChI=1S/C20H20N2O/c23-20(12-14-22-15-13-21-16-22)19-10-8-18(9-11-19)7-6-17-4-2-1-3-5-17/h1-5,8-11,13,15-16H,6-7,12,14H2. The molecule has 0 N–H and O–H groups in total. The van der Waals surface area contributed by atoms with E-state index < -0.39 is 0 Å². The molecule has 0 aliphatic carbocycles. The summed E-state index contributed by atoms with van der Waals surface area (Å²) in [6.45, 7) is 0.675. The SMILES string of the molecule is O=C(CCn1ccnc1)c1ccc(CCc2ccccc2)cc1. The number of nitrogens with zero attached hydrogens (tertiary/aromatic N) is 2. The molecule has 0 radical (unpaired) electrons. The average molecular weight is 304 g/mol. The van der Waals surface area contributed by atoms with Gasteiger partial charge < -0.3 is 4.57 Å². The van der Waals surface area contributed by atoms with Crippen molar-refractivity contribution in [3.63, 3.8) is 0 Å². The van der Waals surface area contributed by atoms with Crippen LogP contribution in [0.3, 0.4) is 0 Å². The molecule has 0 atom stereocenters. The van der Waals surface area contributed by atoms with Crippen LogP contribution in [0.1, 0.15) is 27.9 Å². The molecule has 0 unspecified atom stereocenters. The van der Waals surface area contributed by atoms with Gasteiger partial charge in [0, 0.05) is 30.9 Å². The molecule has 3 rings (SSSR count). The van der Waals surface area contributed by atoms with Crippen LogP contribution in [0.2, 0.25) is 0 Å². The van der Waals surface area contributed by atoms with Crippen LogP contribution in [-0.4, -0.2) is 15.3 Å². The van der Waals surface area contributed by atoms with Crippen molar-refractivity contribution in [2.45, 2.75) is 25.8 Å². The van der Waals surface area contributed by atoms with Gasteiger partial charge in [0.1, 0.15) is 0 Å². The lowest BCUT2D eigenvalue weighted by molar-refractivity contribution is 0.0977. The van der Waals surface area contributed by atoms with Crippen molar-refractivity contribution < 1.29 is 4.79 Å². The van der Waals surface area contributed by atoms with Crippen LogP contribution < -0.4 is 0 Å². The van der Waals surface area contributed by atoms with E-state index in [1.54, 1.807) is 12.5 Å². The second-order valence-corrected chi connectivity index (χ2v) is 5.66. The van der Waals surface area contributed by atoms with E-state index >= 15 is 0 Å². The largest absolute Gasteiger partial charge is 0.337 e. The van der Waals surface area contributed by atoms with Crippen LogP contribution in [0.4, 0.5) is 0 Å². The Bertz CT molecular complexity index is 731. The number of imidazole rings is 1. The summed E-state index contributed by atoms with van der Waals surface area (Å²) >= 11 is 0. The van der Waals surface area contributed by atoms with Gasteiger partial charge in [-0.15, -0.1) is 0 Å². The number of carbonyl (C=O) groups is 1. The highest BCUT2D eigenvalue weighted by Crippen LogP contribution is 2.11. The van der Waals surface area contributed by atoms with Gasteiger partial charge in [0.2, 0.25) is 0 Å². The summed E-state index contributed by atoms with van der Waals surface area (Å²) in [5.74, 6) is 0.174. The lowest BCUT2D eigenvalue weighted by atomic mass is 10.0. The minimum atomic E-state index is 0.174. The highest BCUT2D eigenvalue weighted by Gasteiger charge is 2.06. The van der Waals surface area contributed by atoms with Gasteiger partial charge in [-0.3, -0.25) is 4.79 Å². The molecule has 3 aromatic rings. The summed E-state index contributed by atoms with van der Waals surface area (Å²) in [6, 6.07) is 18.5. The van der Waals surface area contributed by atoms with E-state index in [9.17, 15) is 4.79 Å². The molecule has 3 nitrogen and oxygen atoms in total. The van der Waals surface area contributed by atoms with Gasteiger partial charge in [0.25, 0.3) is 0 Å². The zero-order valence-corrected chi connectivity index (χ0v) is 13.1. The van der Waals surface area contributed by atoms with Crippen molar-refractivity contribution in [3.05, 3.63) is 90.0 Å². The number of hydrogen-bond acceptors (Lipinski definition) is 2. The van der Waals surface area contributed by atoms with Crippen LogP contribution in [0, 0.1) is 0 Å². The van der Waals surface area contributed by atoms with Crippen molar-refractivity contribution in [3.8, 4) is 0 Å². The zero-order valence-electron chi connectivity index (χ0n) is 13.1. The molecule has 23 heavy (non-hydrogen) atoms. The Morgan fingerprint density at radius 1 is 0.913 bits per heavy atom. The van der Waals surface area contributed by atoms with E-state index in [0.29, 0.717) is 13.0 Å². The van der Waals surface area contributed by atoms with Gasteiger partial charge in [-0.05, 0) is 24.0 Å². The lowest BCUT2D eigenvalue weighted by Crippen LogP contribution is -2.05. The topological polar surface area (TPSA) is 34.9 Å². The number of aryl methyl sites for hydroxylation is 3. The maximum atomic E-state index is 12.2. The normalized spacial score (nSPS) is 10.6. The number of Topliss-reactive ketones (excluding diaryl/α,β-unsaturated/α-hetero) is 1. The van der Waals surface area contributed by atoms with Crippen LogP contribution in [-0.2, 0) is 19.4 Å². The van der Waals surface area contributed by atoms with Gasteiger partial charge in [0.15, 0.2) is 5.78 Å². The summed E-state index contributed by atoms with van der Waals surface area (Å²) < 4.78 is 1.92.